The second-order valence-corrected chi connectivity index (χ2v) is 5.09. The first-order valence-electron chi connectivity index (χ1n) is 5.57. The van der Waals surface area contributed by atoms with E-state index in [-0.39, 0.29) is 5.91 Å². The number of H-pyrrole nitrogens is 1. The van der Waals surface area contributed by atoms with Gasteiger partial charge in [-0.3, -0.25) is 14.5 Å². The number of carbonyl (C=O) groups is 1. The summed E-state index contributed by atoms with van der Waals surface area (Å²) in [5, 5.41) is 12.1. The molecule has 8 heteroatoms. The average Bonchev–Trinajstić information content (AvgIpc) is 2.90. The highest BCUT2D eigenvalue weighted by molar-refractivity contribution is 7.71. The largest absolute Gasteiger partial charge is 0.302 e. The maximum atomic E-state index is 10.9. The first-order valence-corrected chi connectivity index (χ1v) is 6.86. The number of anilines is 1. The van der Waals surface area contributed by atoms with Crippen molar-refractivity contribution in [1.29, 1.82) is 0 Å². The molecule has 0 aliphatic rings. The number of aromatic amines is 1. The predicted molar refractivity (Wildman–Crippen MR) is 76.8 cm³/mol. The van der Waals surface area contributed by atoms with Gasteiger partial charge in [-0.25, -0.2) is 4.98 Å². The summed E-state index contributed by atoms with van der Waals surface area (Å²) in [7, 11) is 0. The summed E-state index contributed by atoms with van der Waals surface area (Å²) in [5.74, 6) is 0.666. The summed E-state index contributed by atoms with van der Waals surface area (Å²) in [6.45, 7) is 5.75. The van der Waals surface area contributed by atoms with Crippen molar-refractivity contribution in [2.24, 2.45) is 0 Å². The van der Waals surface area contributed by atoms with Crippen LogP contribution in [-0.2, 0) is 17.8 Å². The summed E-state index contributed by atoms with van der Waals surface area (Å²) >= 11 is 6.53. The van der Waals surface area contributed by atoms with Gasteiger partial charge in [-0.15, -0.1) is 17.9 Å². The number of rotatable bonds is 5. The summed E-state index contributed by atoms with van der Waals surface area (Å²) < 4.78 is 2.42. The van der Waals surface area contributed by atoms with E-state index >= 15 is 0 Å². The van der Waals surface area contributed by atoms with E-state index in [4.69, 9.17) is 12.2 Å². The van der Waals surface area contributed by atoms with Crippen LogP contribution in [-0.4, -0.2) is 25.7 Å². The van der Waals surface area contributed by atoms with Gasteiger partial charge in [0.1, 0.15) is 5.82 Å². The van der Waals surface area contributed by atoms with E-state index < -0.39 is 0 Å². The standard InChI is InChI=1S/C11H13N5OS2/c1-3-4-16-9(14-15-11(16)18)5-8-6-19-10(13-8)12-7(2)17/h3,6H,1,4-5H2,2H3,(H,15,18)(H,12,13,17). The molecule has 0 spiro atoms. The molecular formula is C11H13N5OS2. The number of carbonyl (C=O) groups excluding carboxylic acids is 1. The molecule has 0 aliphatic heterocycles. The lowest BCUT2D eigenvalue weighted by Crippen LogP contribution is -2.06. The van der Waals surface area contributed by atoms with Crippen LogP contribution in [0, 0.1) is 4.77 Å². The average molecular weight is 295 g/mol. The van der Waals surface area contributed by atoms with Gasteiger partial charge < -0.3 is 5.32 Å². The smallest absolute Gasteiger partial charge is 0.223 e. The zero-order chi connectivity index (χ0) is 13.8. The lowest BCUT2D eigenvalue weighted by Gasteiger charge is -2.01. The minimum absolute atomic E-state index is 0.129. The van der Waals surface area contributed by atoms with Crippen LogP contribution in [0.25, 0.3) is 0 Å². The van der Waals surface area contributed by atoms with Crippen LogP contribution >= 0.6 is 23.6 Å². The fraction of sp³-hybridized carbons (Fsp3) is 0.273. The lowest BCUT2D eigenvalue weighted by atomic mass is 10.3. The highest BCUT2D eigenvalue weighted by Crippen LogP contribution is 2.17. The second kappa shape index (κ2) is 5.89. The number of nitrogens with one attached hydrogen (secondary N) is 2. The van der Waals surface area contributed by atoms with Crippen molar-refractivity contribution in [1.82, 2.24) is 19.7 Å². The van der Waals surface area contributed by atoms with E-state index in [1.807, 2.05) is 9.95 Å². The van der Waals surface area contributed by atoms with Crippen molar-refractivity contribution in [3.05, 3.63) is 34.3 Å². The minimum atomic E-state index is -0.129. The summed E-state index contributed by atoms with van der Waals surface area (Å²) in [5.41, 5.74) is 0.841. The predicted octanol–water partition coefficient (Wildman–Crippen LogP) is 2.13. The normalized spacial score (nSPS) is 10.4. The first-order chi connectivity index (χ1) is 9.10. The maximum Gasteiger partial charge on any atom is 0.223 e. The van der Waals surface area contributed by atoms with Crippen LogP contribution in [0.4, 0.5) is 5.13 Å². The van der Waals surface area contributed by atoms with Crippen LogP contribution in [0.5, 0.6) is 0 Å². The van der Waals surface area contributed by atoms with Gasteiger partial charge in [-0.2, -0.15) is 5.10 Å². The van der Waals surface area contributed by atoms with E-state index in [9.17, 15) is 4.79 Å². The second-order valence-electron chi connectivity index (χ2n) is 3.85. The molecule has 2 heterocycles. The molecule has 0 saturated carbocycles. The summed E-state index contributed by atoms with van der Waals surface area (Å²) in [6.07, 6.45) is 2.32. The quantitative estimate of drug-likeness (QED) is 0.654. The molecule has 0 aliphatic carbocycles. The van der Waals surface area contributed by atoms with E-state index in [0.717, 1.165) is 11.5 Å². The molecule has 2 rings (SSSR count). The lowest BCUT2D eigenvalue weighted by molar-refractivity contribution is -0.114. The van der Waals surface area contributed by atoms with Gasteiger partial charge in [-0.1, -0.05) is 6.08 Å². The van der Waals surface area contributed by atoms with Crippen molar-refractivity contribution >= 4 is 34.6 Å². The Morgan fingerprint density at radius 2 is 2.53 bits per heavy atom. The number of aromatic nitrogens is 4. The van der Waals surface area contributed by atoms with Gasteiger partial charge in [0.25, 0.3) is 0 Å². The highest BCUT2D eigenvalue weighted by atomic mass is 32.1. The Balaban J connectivity index is 2.17. The van der Waals surface area contributed by atoms with Crippen molar-refractivity contribution in [3.8, 4) is 0 Å². The Morgan fingerprint density at radius 1 is 1.74 bits per heavy atom. The fourth-order valence-electron chi connectivity index (χ4n) is 1.56. The molecule has 0 bridgehead atoms. The first kappa shape index (κ1) is 13.6. The van der Waals surface area contributed by atoms with Gasteiger partial charge in [0.05, 0.1) is 12.1 Å². The van der Waals surface area contributed by atoms with Gasteiger partial charge >= 0.3 is 0 Å². The van der Waals surface area contributed by atoms with Gasteiger partial charge in [-0.05, 0) is 12.2 Å². The molecule has 2 N–H and O–H groups in total. The van der Waals surface area contributed by atoms with Gasteiger partial charge in [0, 0.05) is 18.8 Å². The molecule has 2 aromatic heterocycles. The van der Waals surface area contributed by atoms with Crippen LogP contribution in [0.3, 0.4) is 0 Å². The topological polar surface area (TPSA) is 75.6 Å². The van der Waals surface area contributed by atoms with E-state index in [0.29, 0.717) is 22.9 Å². The highest BCUT2D eigenvalue weighted by Gasteiger charge is 2.09. The third kappa shape index (κ3) is 3.36. The molecule has 0 unspecified atom stereocenters. The Bertz CT molecular complexity index is 654. The Labute approximate surface area is 119 Å². The Morgan fingerprint density at radius 3 is 3.21 bits per heavy atom. The van der Waals surface area contributed by atoms with Crippen molar-refractivity contribution < 1.29 is 4.79 Å². The van der Waals surface area contributed by atoms with Crippen LogP contribution < -0.4 is 5.32 Å². The van der Waals surface area contributed by atoms with E-state index in [2.05, 4.69) is 27.1 Å². The molecule has 0 saturated heterocycles. The summed E-state index contributed by atoms with van der Waals surface area (Å²) in [6, 6.07) is 0. The number of hydrogen-bond donors (Lipinski definition) is 2. The van der Waals surface area contributed by atoms with E-state index in [1.165, 1.54) is 18.3 Å². The molecule has 0 radical (unpaired) electrons. The third-order valence-corrected chi connectivity index (χ3v) is 3.44. The van der Waals surface area contributed by atoms with E-state index in [1.54, 1.807) is 6.08 Å². The number of allylic oxidation sites excluding steroid dienone is 1. The number of thiazole rings is 1. The number of amides is 1. The molecule has 100 valence electrons. The minimum Gasteiger partial charge on any atom is -0.302 e. The molecule has 2 aromatic rings. The zero-order valence-electron chi connectivity index (χ0n) is 10.3. The molecule has 0 atom stereocenters. The fourth-order valence-corrected chi connectivity index (χ4v) is 2.54. The molecule has 19 heavy (non-hydrogen) atoms. The molecular weight excluding hydrogens is 282 g/mol. The van der Waals surface area contributed by atoms with Crippen molar-refractivity contribution in [3.63, 3.8) is 0 Å². The van der Waals surface area contributed by atoms with Crippen LogP contribution in [0.2, 0.25) is 0 Å². The number of nitrogens with zero attached hydrogens (tertiary/aromatic N) is 3. The number of hydrogen-bond acceptors (Lipinski definition) is 5. The summed E-state index contributed by atoms with van der Waals surface area (Å²) in [4.78, 5) is 15.2. The van der Waals surface area contributed by atoms with Gasteiger partial charge in [0.2, 0.25) is 5.91 Å². The molecule has 1 amide bonds. The zero-order valence-corrected chi connectivity index (χ0v) is 12.0. The Kier molecular flexibility index (Phi) is 4.23. The van der Waals surface area contributed by atoms with Crippen LogP contribution in [0.15, 0.2) is 18.0 Å². The molecule has 6 nitrogen and oxygen atoms in total. The van der Waals surface area contributed by atoms with Crippen molar-refractivity contribution in [2.45, 2.75) is 19.9 Å². The van der Waals surface area contributed by atoms with Crippen LogP contribution in [0.1, 0.15) is 18.4 Å². The molecule has 0 fully saturated rings. The van der Waals surface area contributed by atoms with Crippen molar-refractivity contribution in [2.75, 3.05) is 5.32 Å². The maximum absolute atomic E-state index is 10.9. The third-order valence-electron chi connectivity index (χ3n) is 2.32. The SMILES string of the molecule is C=CCn1c(Cc2csc(NC(C)=O)n2)n[nH]c1=S. The monoisotopic (exact) mass is 295 g/mol. The van der Waals surface area contributed by atoms with Gasteiger partial charge in [0.15, 0.2) is 9.90 Å². The Hall–Kier alpha value is -1.80. The molecule has 0 aromatic carbocycles.